The molecule has 4 aromatic carbocycles. The van der Waals surface area contributed by atoms with Crippen LogP contribution in [-0.2, 0) is 25.8 Å². The molecule has 0 radical (unpaired) electrons. The number of halogens is 2. The van der Waals surface area contributed by atoms with Gasteiger partial charge in [0.25, 0.3) is 0 Å². The Morgan fingerprint density at radius 2 is 1.30 bits per heavy atom. The van der Waals surface area contributed by atoms with E-state index in [0.717, 1.165) is 0 Å². The summed E-state index contributed by atoms with van der Waals surface area (Å²) in [5.74, 6) is 0. The molecule has 0 saturated carbocycles. The number of hydrogen-bond acceptors (Lipinski definition) is 0. The summed E-state index contributed by atoms with van der Waals surface area (Å²) < 4.78 is 0. The van der Waals surface area contributed by atoms with Gasteiger partial charge >= 0.3 is 25.8 Å². The van der Waals surface area contributed by atoms with Gasteiger partial charge in [0.2, 0.25) is 0 Å². The first-order valence-electron chi connectivity index (χ1n) is 10.3. The fourth-order valence-corrected chi connectivity index (χ4v) is 6.23. The van der Waals surface area contributed by atoms with E-state index in [0.29, 0.717) is 0 Å². The van der Waals surface area contributed by atoms with Gasteiger partial charge in [-0.1, -0.05) is 46.7 Å². The van der Waals surface area contributed by atoms with Crippen molar-refractivity contribution in [2.24, 2.45) is 0 Å². The van der Waals surface area contributed by atoms with Crippen molar-refractivity contribution in [2.75, 3.05) is 12.3 Å². The normalized spacial score (nSPS) is 9.97. The van der Waals surface area contributed by atoms with Crippen LogP contribution in [0.15, 0.2) is 78.9 Å². The SMILES string of the molecule is CCCCP(CCCC)c1cc2ccccc2[cH-]1.[Cl-].[Cl-].[Hf+4].c1ccc2[cH-]ccc2c1. The van der Waals surface area contributed by atoms with E-state index in [1.54, 1.807) is 5.30 Å². The van der Waals surface area contributed by atoms with Gasteiger partial charge in [0.15, 0.2) is 0 Å². The maximum absolute atomic E-state index is 2.44. The molecule has 0 nitrogen and oxygen atoms in total. The summed E-state index contributed by atoms with van der Waals surface area (Å²) in [6.07, 6.45) is 8.26. The Morgan fingerprint density at radius 1 is 0.733 bits per heavy atom. The Hall–Kier alpha value is -0.460. The standard InChI is InChI=1S/C17H24P.C9H7.2ClH.Hf/c1-3-5-11-18(12-6-4-2)17-13-15-9-7-8-10-16(15)14-17;1-2-5-9-7-3-6-8(9)4-1;;;/h7-10,13-14H,3-6,11-12H2,1-2H3;1-7H;2*1H;/q2*-1;;;+4/p-2. The number of benzene rings is 2. The maximum atomic E-state index is 2.44. The minimum absolute atomic E-state index is 0. The average Bonchev–Trinajstić information content (AvgIpc) is 3.35. The number of hydrogen-bond donors (Lipinski definition) is 0. The van der Waals surface area contributed by atoms with Gasteiger partial charge in [0.1, 0.15) is 0 Å². The van der Waals surface area contributed by atoms with Crippen LogP contribution in [0, 0.1) is 0 Å². The van der Waals surface area contributed by atoms with Gasteiger partial charge in [-0.05, 0) is 25.2 Å². The van der Waals surface area contributed by atoms with E-state index in [4.69, 9.17) is 0 Å². The zero-order valence-electron chi connectivity index (χ0n) is 18.0. The van der Waals surface area contributed by atoms with Gasteiger partial charge in [-0.3, -0.25) is 0 Å². The Kier molecular flexibility index (Phi) is 16.0. The second kappa shape index (κ2) is 16.2. The van der Waals surface area contributed by atoms with E-state index >= 15 is 0 Å². The van der Waals surface area contributed by atoms with Crippen molar-refractivity contribution in [1.29, 1.82) is 0 Å². The van der Waals surface area contributed by atoms with Gasteiger partial charge < -0.3 is 24.8 Å². The van der Waals surface area contributed by atoms with Crippen molar-refractivity contribution in [1.82, 2.24) is 0 Å². The molecule has 4 aromatic rings. The Morgan fingerprint density at radius 3 is 1.87 bits per heavy atom. The van der Waals surface area contributed by atoms with E-state index in [-0.39, 0.29) is 58.6 Å². The van der Waals surface area contributed by atoms with Crippen LogP contribution in [0.3, 0.4) is 0 Å². The van der Waals surface area contributed by atoms with Crippen LogP contribution in [0.2, 0.25) is 0 Å². The molecule has 30 heavy (non-hydrogen) atoms. The largest absolute Gasteiger partial charge is 4.00 e. The zero-order chi connectivity index (χ0) is 18.9. The van der Waals surface area contributed by atoms with Crippen molar-refractivity contribution in [3.05, 3.63) is 78.9 Å². The van der Waals surface area contributed by atoms with Crippen LogP contribution < -0.4 is 30.1 Å². The van der Waals surface area contributed by atoms with Gasteiger partial charge in [-0.25, -0.2) is 0 Å². The summed E-state index contributed by atoms with van der Waals surface area (Å²) in [6.45, 7) is 4.60. The van der Waals surface area contributed by atoms with Crippen molar-refractivity contribution in [3.63, 3.8) is 0 Å². The van der Waals surface area contributed by atoms with Crippen LogP contribution in [-0.4, -0.2) is 12.3 Å². The van der Waals surface area contributed by atoms with Gasteiger partial charge in [-0.15, -0.1) is 70.0 Å². The van der Waals surface area contributed by atoms with Gasteiger partial charge in [-0.2, -0.15) is 23.6 Å². The molecule has 0 bridgehead atoms. The Balaban J connectivity index is 0.000000597. The number of unbranched alkanes of at least 4 members (excludes halogenated alkanes) is 2. The minimum Gasteiger partial charge on any atom is -1.00 e. The van der Waals surface area contributed by atoms with Crippen LogP contribution >= 0.6 is 7.92 Å². The molecule has 0 N–H and O–H groups in total. The van der Waals surface area contributed by atoms with Crippen LogP contribution in [0.1, 0.15) is 39.5 Å². The molecule has 0 aromatic heterocycles. The summed E-state index contributed by atoms with van der Waals surface area (Å²) in [6, 6.07) is 28.3. The van der Waals surface area contributed by atoms with Crippen LogP contribution in [0.25, 0.3) is 21.5 Å². The summed E-state index contributed by atoms with van der Waals surface area (Å²) in [5, 5.41) is 7.14. The fourth-order valence-electron chi connectivity index (χ4n) is 3.45. The molecule has 158 valence electrons. The van der Waals surface area contributed by atoms with Crippen molar-refractivity contribution in [3.8, 4) is 0 Å². The van der Waals surface area contributed by atoms with E-state index in [9.17, 15) is 0 Å². The Bertz CT molecular complexity index is 873. The van der Waals surface area contributed by atoms with Crippen LogP contribution in [0.5, 0.6) is 0 Å². The zero-order valence-corrected chi connectivity index (χ0v) is 24.0. The summed E-state index contributed by atoms with van der Waals surface area (Å²) in [5.41, 5.74) is 0. The molecule has 0 heterocycles. The van der Waals surface area contributed by atoms with E-state index in [1.165, 1.54) is 59.6 Å². The molecule has 4 heteroatoms. The van der Waals surface area contributed by atoms with Crippen molar-refractivity contribution in [2.45, 2.75) is 39.5 Å². The van der Waals surface area contributed by atoms with Crippen molar-refractivity contribution < 1.29 is 50.7 Å². The molecular formula is C26H31Cl2HfP. The molecule has 0 aliphatic rings. The monoisotopic (exact) mass is 624 g/mol. The van der Waals surface area contributed by atoms with E-state index in [2.05, 4.69) is 92.7 Å². The molecule has 0 atom stereocenters. The first-order valence-corrected chi connectivity index (χ1v) is 12.0. The predicted molar refractivity (Wildman–Crippen MR) is 125 cm³/mol. The predicted octanol–water partition coefficient (Wildman–Crippen LogP) is 1.83. The molecule has 0 fully saturated rings. The minimum atomic E-state index is 0. The molecule has 0 spiro atoms. The topological polar surface area (TPSA) is 0 Å². The average molecular weight is 624 g/mol. The second-order valence-corrected chi connectivity index (χ2v) is 9.68. The fraction of sp³-hybridized carbons (Fsp3) is 0.308. The maximum Gasteiger partial charge on any atom is 4.00 e. The molecular weight excluding hydrogens is 593 g/mol. The molecule has 0 amide bonds. The van der Waals surface area contributed by atoms with E-state index in [1.807, 2.05) is 0 Å². The van der Waals surface area contributed by atoms with Crippen LogP contribution in [0.4, 0.5) is 0 Å². The number of fused-ring (bicyclic) bond motifs is 2. The third-order valence-electron chi connectivity index (χ3n) is 5.08. The smallest absolute Gasteiger partial charge is 1.00 e. The van der Waals surface area contributed by atoms with Gasteiger partial charge in [0.05, 0.1) is 0 Å². The Labute approximate surface area is 214 Å². The third-order valence-corrected chi connectivity index (χ3v) is 7.78. The summed E-state index contributed by atoms with van der Waals surface area (Å²) >= 11 is 0. The van der Waals surface area contributed by atoms with Gasteiger partial charge in [0, 0.05) is 0 Å². The summed E-state index contributed by atoms with van der Waals surface area (Å²) in [7, 11) is 0.0856. The number of rotatable bonds is 7. The first-order chi connectivity index (χ1) is 13.3. The van der Waals surface area contributed by atoms with Crippen molar-refractivity contribution >= 4 is 34.8 Å². The van der Waals surface area contributed by atoms with E-state index < -0.39 is 0 Å². The third kappa shape index (κ3) is 8.58. The molecule has 0 saturated heterocycles. The second-order valence-electron chi connectivity index (χ2n) is 7.19. The molecule has 4 rings (SSSR count). The molecule has 0 aliphatic heterocycles. The molecule has 0 unspecified atom stereocenters. The summed E-state index contributed by atoms with van der Waals surface area (Å²) in [4.78, 5) is 0. The quantitative estimate of drug-likeness (QED) is 0.168. The first kappa shape index (κ1) is 29.5. The molecule has 0 aliphatic carbocycles.